The number of halogens is 2. The van der Waals surface area contributed by atoms with Crippen LogP contribution in [0.15, 0.2) is 48.5 Å². The predicted molar refractivity (Wildman–Crippen MR) is 91.0 cm³/mol. The zero-order valence-corrected chi connectivity index (χ0v) is 14.0. The summed E-state index contributed by atoms with van der Waals surface area (Å²) < 4.78 is 35.8. The number of methoxy groups -OCH3 is 1. The van der Waals surface area contributed by atoms with Crippen molar-refractivity contribution in [2.75, 3.05) is 19.0 Å². The lowest BCUT2D eigenvalue weighted by Crippen LogP contribution is -2.11. The summed E-state index contributed by atoms with van der Waals surface area (Å²) in [7, 11) is 1.41. The Morgan fingerprint density at radius 2 is 1.92 bits per heavy atom. The smallest absolute Gasteiger partial charge is 0.387 e. The summed E-state index contributed by atoms with van der Waals surface area (Å²) in [6.45, 7) is -2.35. The first-order chi connectivity index (χ1) is 12.7. The summed E-state index contributed by atoms with van der Waals surface area (Å²) in [6.07, 6.45) is 0.618. The van der Waals surface area contributed by atoms with Gasteiger partial charge in [0.25, 0.3) is 0 Å². The molecule has 0 fully saturated rings. The number of para-hydroxylation sites is 1. The highest BCUT2D eigenvalue weighted by atomic mass is 19.3. The Bertz CT molecular complexity index is 842. The molecular formula is C17H17F2N5O2. The van der Waals surface area contributed by atoms with Crippen molar-refractivity contribution in [2.45, 2.75) is 13.0 Å². The maximum Gasteiger partial charge on any atom is 0.387 e. The van der Waals surface area contributed by atoms with E-state index in [1.54, 1.807) is 16.8 Å². The highest BCUT2D eigenvalue weighted by Gasteiger charge is 2.11. The van der Waals surface area contributed by atoms with Crippen molar-refractivity contribution < 1.29 is 18.3 Å². The second-order valence-electron chi connectivity index (χ2n) is 5.29. The summed E-state index contributed by atoms with van der Waals surface area (Å²) in [6, 6.07) is 14.3. The van der Waals surface area contributed by atoms with Crippen LogP contribution in [0.25, 0.3) is 5.69 Å². The summed E-state index contributed by atoms with van der Waals surface area (Å²) in [5.74, 6) is 0.782. The number of tetrazole rings is 1. The van der Waals surface area contributed by atoms with E-state index < -0.39 is 6.61 Å². The first-order valence-electron chi connectivity index (χ1n) is 7.87. The summed E-state index contributed by atoms with van der Waals surface area (Å²) in [4.78, 5) is 0. The van der Waals surface area contributed by atoms with Crippen LogP contribution in [-0.4, -0.2) is 40.5 Å². The van der Waals surface area contributed by atoms with Crippen LogP contribution in [0.1, 0.15) is 5.56 Å². The average Bonchev–Trinajstić information content (AvgIpc) is 3.11. The molecule has 0 saturated carbocycles. The molecule has 1 N–H and O–H groups in total. The minimum atomic E-state index is -2.90. The summed E-state index contributed by atoms with van der Waals surface area (Å²) in [5, 5.41) is 14.8. The van der Waals surface area contributed by atoms with Crippen molar-refractivity contribution in [3.63, 3.8) is 0 Å². The van der Waals surface area contributed by atoms with E-state index in [1.807, 2.05) is 30.3 Å². The van der Waals surface area contributed by atoms with Crippen LogP contribution in [0, 0.1) is 0 Å². The minimum absolute atomic E-state index is 0.00669. The van der Waals surface area contributed by atoms with Gasteiger partial charge in [-0.25, -0.2) is 0 Å². The number of nitrogens with zero attached hydrogens (tertiary/aromatic N) is 4. The first-order valence-corrected chi connectivity index (χ1v) is 7.87. The Kier molecular flexibility index (Phi) is 5.57. The van der Waals surface area contributed by atoms with Gasteiger partial charge < -0.3 is 14.8 Å². The van der Waals surface area contributed by atoms with Gasteiger partial charge in [0.15, 0.2) is 11.5 Å². The maximum atomic E-state index is 12.4. The lowest BCUT2D eigenvalue weighted by Gasteiger charge is -2.12. The van der Waals surface area contributed by atoms with Gasteiger partial charge in [0, 0.05) is 6.54 Å². The molecule has 0 radical (unpaired) electrons. The van der Waals surface area contributed by atoms with Crippen LogP contribution >= 0.6 is 0 Å². The van der Waals surface area contributed by atoms with Crippen molar-refractivity contribution in [3.05, 3.63) is 54.1 Å². The molecule has 0 aliphatic rings. The van der Waals surface area contributed by atoms with Gasteiger partial charge in [-0.05, 0) is 46.7 Å². The van der Waals surface area contributed by atoms with E-state index >= 15 is 0 Å². The minimum Gasteiger partial charge on any atom is -0.493 e. The fourth-order valence-electron chi connectivity index (χ4n) is 2.42. The molecule has 26 heavy (non-hydrogen) atoms. The van der Waals surface area contributed by atoms with E-state index in [0.717, 1.165) is 11.3 Å². The van der Waals surface area contributed by atoms with Gasteiger partial charge >= 0.3 is 6.61 Å². The maximum absolute atomic E-state index is 12.4. The van der Waals surface area contributed by atoms with E-state index in [4.69, 9.17) is 4.74 Å². The molecule has 1 aromatic heterocycles. The second kappa shape index (κ2) is 8.24. The predicted octanol–water partition coefficient (Wildman–Crippen LogP) is 2.93. The Balaban J connectivity index is 1.63. The average molecular weight is 361 g/mol. The number of rotatable bonds is 8. The van der Waals surface area contributed by atoms with Crippen LogP contribution in [-0.2, 0) is 6.42 Å². The number of hydrogen-bond acceptors (Lipinski definition) is 6. The Morgan fingerprint density at radius 1 is 1.12 bits per heavy atom. The van der Waals surface area contributed by atoms with E-state index in [1.165, 1.54) is 13.2 Å². The number of alkyl halides is 2. The molecule has 2 aromatic carbocycles. The van der Waals surface area contributed by atoms with E-state index in [0.29, 0.717) is 18.9 Å². The van der Waals surface area contributed by atoms with Crippen molar-refractivity contribution in [2.24, 2.45) is 0 Å². The van der Waals surface area contributed by atoms with E-state index in [2.05, 4.69) is 25.6 Å². The van der Waals surface area contributed by atoms with Crippen molar-refractivity contribution in [3.8, 4) is 17.2 Å². The third-order valence-corrected chi connectivity index (χ3v) is 3.61. The molecule has 0 aliphatic heterocycles. The largest absolute Gasteiger partial charge is 0.493 e. The van der Waals surface area contributed by atoms with Crippen LogP contribution in [0.4, 0.5) is 14.7 Å². The first kappa shape index (κ1) is 17.6. The molecule has 0 aliphatic carbocycles. The number of ether oxygens (including phenoxy) is 2. The summed E-state index contributed by atoms with van der Waals surface area (Å²) in [5.41, 5.74) is 1.74. The molecule has 136 valence electrons. The number of aromatic nitrogens is 4. The zero-order valence-electron chi connectivity index (χ0n) is 14.0. The Labute approximate surface area is 148 Å². The second-order valence-corrected chi connectivity index (χ2v) is 5.29. The number of hydrogen-bond donors (Lipinski definition) is 1. The number of benzene rings is 2. The fourth-order valence-corrected chi connectivity index (χ4v) is 2.42. The van der Waals surface area contributed by atoms with Crippen LogP contribution in [0.2, 0.25) is 0 Å². The third kappa shape index (κ3) is 4.24. The topological polar surface area (TPSA) is 74.1 Å². The van der Waals surface area contributed by atoms with Gasteiger partial charge in [0.1, 0.15) is 0 Å². The molecule has 3 aromatic rings. The molecule has 0 unspecified atom stereocenters. The molecular weight excluding hydrogens is 344 g/mol. The molecule has 0 amide bonds. The molecule has 0 atom stereocenters. The molecule has 1 heterocycles. The van der Waals surface area contributed by atoms with Crippen molar-refractivity contribution in [1.82, 2.24) is 20.2 Å². The quantitative estimate of drug-likeness (QED) is 0.665. The van der Waals surface area contributed by atoms with Crippen molar-refractivity contribution >= 4 is 5.95 Å². The van der Waals surface area contributed by atoms with Crippen LogP contribution < -0.4 is 14.8 Å². The van der Waals surface area contributed by atoms with Crippen LogP contribution in [0.5, 0.6) is 11.5 Å². The SMILES string of the molecule is COc1cc(CCNc2nnnn2-c2ccccc2)ccc1OC(F)F. The monoisotopic (exact) mass is 361 g/mol. The summed E-state index contributed by atoms with van der Waals surface area (Å²) >= 11 is 0. The molecule has 3 rings (SSSR count). The van der Waals surface area contributed by atoms with Gasteiger partial charge in [-0.2, -0.15) is 13.5 Å². The van der Waals surface area contributed by atoms with Gasteiger partial charge in [-0.15, -0.1) is 0 Å². The van der Waals surface area contributed by atoms with Gasteiger partial charge in [0.2, 0.25) is 5.95 Å². The molecule has 9 heteroatoms. The van der Waals surface area contributed by atoms with Gasteiger partial charge in [-0.3, -0.25) is 0 Å². The highest BCUT2D eigenvalue weighted by Crippen LogP contribution is 2.29. The Hall–Kier alpha value is -3.23. The molecule has 0 saturated heterocycles. The standard InChI is InChI=1S/C17H17F2N5O2/c1-25-15-11-12(7-8-14(15)26-16(18)19)9-10-20-17-21-22-23-24(17)13-5-3-2-4-6-13/h2-8,11,16H,9-10H2,1H3,(H,20,21,23). The molecule has 0 bridgehead atoms. The lowest BCUT2D eigenvalue weighted by molar-refractivity contribution is -0.0512. The van der Waals surface area contributed by atoms with Gasteiger partial charge in [0.05, 0.1) is 12.8 Å². The van der Waals surface area contributed by atoms with E-state index in [9.17, 15) is 8.78 Å². The molecule has 7 nitrogen and oxygen atoms in total. The van der Waals surface area contributed by atoms with Crippen LogP contribution in [0.3, 0.4) is 0 Å². The molecule has 0 spiro atoms. The van der Waals surface area contributed by atoms with E-state index in [-0.39, 0.29) is 11.5 Å². The number of anilines is 1. The zero-order chi connectivity index (χ0) is 18.4. The number of nitrogens with one attached hydrogen (secondary N) is 1. The third-order valence-electron chi connectivity index (χ3n) is 3.61. The normalized spacial score (nSPS) is 10.8. The highest BCUT2D eigenvalue weighted by molar-refractivity contribution is 5.43. The Morgan fingerprint density at radius 3 is 2.65 bits per heavy atom. The lowest BCUT2D eigenvalue weighted by atomic mass is 10.1. The van der Waals surface area contributed by atoms with Gasteiger partial charge in [-0.1, -0.05) is 29.4 Å². The van der Waals surface area contributed by atoms with Crippen molar-refractivity contribution in [1.29, 1.82) is 0 Å². The fraction of sp³-hybridized carbons (Fsp3) is 0.235.